The van der Waals surface area contributed by atoms with Gasteiger partial charge in [-0.1, -0.05) is 12.8 Å². The minimum atomic E-state index is -0.00260. The summed E-state index contributed by atoms with van der Waals surface area (Å²) >= 11 is 0. The summed E-state index contributed by atoms with van der Waals surface area (Å²) < 4.78 is 5.34. The van der Waals surface area contributed by atoms with Crippen LogP contribution in [0.2, 0.25) is 0 Å². The highest BCUT2D eigenvalue weighted by atomic mass is 16.5. The molecule has 0 bridgehead atoms. The van der Waals surface area contributed by atoms with Crippen molar-refractivity contribution in [3.05, 3.63) is 0 Å². The smallest absolute Gasteiger partial charge is 0.240 e. The first-order valence-corrected chi connectivity index (χ1v) is 7.31. The molecular formula is C14H24N2O2. The van der Waals surface area contributed by atoms with Gasteiger partial charge < -0.3 is 9.64 Å². The van der Waals surface area contributed by atoms with Crippen molar-refractivity contribution in [2.45, 2.75) is 69.8 Å². The summed E-state index contributed by atoms with van der Waals surface area (Å²) in [6, 6.07) is 0.405. The van der Waals surface area contributed by atoms with E-state index in [2.05, 4.69) is 10.2 Å². The monoisotopic (exact) mass is 252 g/mol. The third-order valence-corrected chi connectivity index (χ3v) is 4.99. The van der Waals surface area contributed by atoms with Crippen molar-refractivity contribution in [1.29, 1.82) is 0 Å². The number of hydrogen-bond acceptors (Lipinski definition) is 3. The zero-order valence-electron chi connectivity index (χ0n) is 11.4. The molecule has 0 spiro atoms. The van der Waals surface area contributed by atoms with Crippen LogP contribution in [-0.4, -0.2) is 42.3 Å². The van der Waals surface area contributed by atoms with Crippen LogP contribution in [0.25, 0.3) is 0 Å². The molecule has 2 unspecified atom stereocenters. The van der Waals surface area contributed by atoms with E-state index < -0.39 is 0 Å². The number of carbonyl (C=O) groups excluding carboxylic acids is 1. The molecule has 0 aromatic rings. The zero-order chi connectivity index (χ0) is 12.7. The molecule has 102 valence electrons. The van der Waals surface area contributed by atoms with Crippen molar-refractivity contribution in [2.75, 3.05) is 7.11 Å². The van der Waals surface area contributed by atoms with E-state index in [4.69, 9.17) is 4.74 Å². The van der Waals surface area contributed by atoms with Crippen molar-refractivity contribution in [3.63, 3.8) is 0 Å². The maximum Gasteiger partial charge on any atom is 0.240 e. The van der Waals surface area contributed by atoms with E-state index in [9.17, 15) is 4.79 Å². The Labute approximate surface area is 109 Å². The van der Waals surface area contributed by atoms with E-state index in [-0.39, 0.29) is 12.2 Å². The van der Waals surface area contributed by atoms with Crippen molar-refractivity contribution in [2.24, 2.45) is 5.92 Å². The van der Waals surface area contributed by atoms with E-state index in [1.54, 1.807) is 7.11 Å². The normalized spacial score (nSPS) is 41.4. The van der Waals surface area contributed by atoms with Gasteiger partial charge in [-0.3, -0.25) is 10.1 Å². The van der Waals surface area contributed by atoms with E-state index >= 15 is 0 Å². The molecule has 3 fully saturated rings. The fourth-order valence-corrected chi connectivity index (χ4v) is 3.77. The molecule has 2 atom stereocenters. The molecule has 1 amide bonds. The molecule has 1 aliphatic heterocycles. The molecule has 0 aromatic heterocycles. The number of nitrogens with one attached hydrogen (secondary N) is 1. The van der Waals surface area contributed by atoms with Crippen LogP contribution in [-0.2, 0) is 9.53 Å². The van der Waals surface area contributed by atoms with Gasteiger partial charge in [0.15, 0.2) is 0 Å². The third-order valence-electron chi connectivity index (χ3n) is 4.99. The molecule has 0 aromatic carbocycles. The molecule has 2 saturated carbocycles. The van der Waals surface area contributed by atoms with Gasteiger partial charge >= 0.3 is 0 Å². The molecule has 4 heteroatoms. The van der Waals surface area contributed by atoms with Crippen molar-refractivity contribution in [3.8, 4) is 0 Å². The average molecular weight is 252 g/mol. The molecule has 18 heavy (non-hydrogen) atoms. The summed E-state index contributed by atoms with van der Waals surface area (Å²) in [6.45, 7) is 2.00. The van der Waals surface area contributed by atoms with Crippen LogP contribution in [0, 0.1) is 5.92 Å². The van der Waals surface area contributed by atoms with Crippen LogP contribution in [0.4, 0.5) is 0 Å². The number of rotatable bonds is 3. The van der Waals surface area contributed by atoms with Crippen molar-refractivity contribution < 1.29 is 9.53 Å². The summed E-state index contributed by atoms with van der Waals surface area (Å²) in [5, 5.41) is 3.51. The Morgan fingerprint density at radius 3 is 2.56 bits per heavy atom. The predicted molar refractivity (Wildman–Crippen MR) is 69.0 cm³/mol. The highest BCUT2D eigenvalue weighted by molar-refractivity contribution is 5.84. The van der Waals surface area contributed by atoms with E-state index in [0.29, 0.717) is 24.0 Å². The molecule has 2 aliphatic carbocycles. The van der Waals surface area contributed by atoms with Gasteiger partial charge in [0.05, 0.1) is 18.3 Å². The summed E-state index contributed by atoms with van der Waals surface area (Å²) in [5.74, 6) is 0.965. The van der Waals surface area contributed by atoms with Crippen LogP contribution in [0.3, 0.4) is 0 Å². The standard InChI is InChI=1S/C14H24N2O2/c1-9-14(17)16(11-7-12(8-11)18-2)13(15-9)10-5-3-4-6-10/h9-13,15H,3-8H2,1-2H3. The second-order valence-electron chi connectivity index (χ2n) is 6.11. The maximum absolute atomic E-state index is 12.3. The van der Waals surface area contributed by atoms with Crippen LogP contribution in [0.15, 0.2) is 0 Å². The number of nitrogens with zero attached hydrogens (tertiary/aromatic N) is 1. The van der Waals surface area contributed by atoms with Gasteiger partial charge in [0.2, 0.25) is 5.91 Å². The molecule has 1 saturated heterocycles. The largest absolute Gasteiger partial charge is 0.381 e. The summed E-state index contributed by atoms with van der Waals surface area (Å²) in [7, 11) is 1.77. The molecule has 1 heterocycles. The lowest BCUT2D eigenvalue weighted by Gasteiger charge is -2.44. The van der Waals surface area contributed by atoms with Gasteiger partial charge in [0, 0.05) is 13.2 Å². The molecule has 1 N–H and O–H groups in total. The van der Waals surface area contributed by atoms with Crippen molar-refractivity contribution in [1.82, 2.24) is 10.2 Å². The van der Waals surface area contributed by atoms with Gasteiger partial charge in [-0.25, -0.2) is 0 Å². The van der Waals surface area contributed by atoms with Crippen LogP contribution in [0.1, 0.15) is 45.4 Å². The first-order valence-electron chi connectivity index (χ1n) is 7.31. The minimum absolute atomic E-state index is 0.00260. The fourth-order valence-electron chi connectivity index (χ4n) is 3.77. The number of amides is 1. The van der Waals surface area contributed by atoms with E-state index in [1.807, 2.05) is 6.92 Å². The molecular weight excluding hydrogens is 228 g/mol. The first-order chi connectivity index (χ1) is 8.70. The van der Waals surface area contributed by atoms with Crippen LogP contribution < -0.4 is 5.32 Å². The predicted octanol–water partition coefficient (Wildman–Crippen LogP) is 1.50. The van der Waals surface area contributed by atoms with Gasteiger partial charge in [0.1, 0.15) is 0 Å². The lowest BCUT2D eigenvalue weighted by atomic mass is 9.86. The Balaban J connectivity index is 1.70. The van der Waals surface area contributed by atoms with Gasteiger partial charge in [-0.2, -0.15) is 0 Å². The van der Waals surface area contributed by atoms with Gasteiger partial charge in [-0.05, 0) is 38.5 Å². The number of methoxy groups -OCH3 is 1. The molecule has 3 rings (SSSR count). The number of hydrogen-bond donors (Lipinski definition) is 1. The topological polar surface area (TPSA) is 41.6 Å². The highest BCUT2D eigenvalue weighted by Crippen LogP contribution is 2.37. The van der Waals surface area contributed by atoms with Gasteiger partial charge in [-0.15, -0.1) is 0 Å². The molecule has 4 nitrogen and oxygen atoms in total. The average Bonchev–Trinajstić information content (AvgIpc) is 2.90. The number of carbonyl (C=O) groups is 1. The first kappa shape index (κ1) is 12.4. The van der Waals surface area contributed by atoms with E-state index in [0.717, 1.165) is 12.8 Å². The van der Waals surface area contributed by atoms with Crippen molar-refractivity contribution >= 4 is 5.91 Å². The Bertz CT molecular complexity index is 322. The Kier molecular flexibility index (Phi) is 3.32. The SMILES string of the molecule is COC1CC(N2C(=O)C(C)NC2C2CCCC2)C1. The van der Waals surface area contributed by atoms with Crippen LogP contribution in [0.5, 0.6) is 0 Å². The summed E-state index contributed by atoms with van der Waals surface area (Å²) in [6.07, 6.45) is 7.87. The lowest BCUT2D eigenvalue weighted by molar-refractivity contribution is -0.138. The zero-order valence-corrected chi connectivity index (χ0v) is 11.4. The second kappa shape index (κ2) is 4.82. The maximum atomic E-state index is 12.3. The number of ether oxygens (including phenoxy) is 1. The molecule has 0 radical (unpaired) electrons. The quantitative estimate of drug-likeness (QED) is 0.827. The fraction of sp³-hybridized carbons (Fsp3) is 0.929. The Morgan fingerprint density at radius 2 is 1.94 bits per heavy atom. The Hall–Kier alpha value is -0.610. The summed E-state index contributed by atoms with van der Waals surface area (Å²) in [5.41, 5.74) is 0. The molecule has 3 aliphatic rings. The second-order valence-corrected chi connectivity index (χ2v) is 6.11. The summed E-state index contributed by atoms with van der Waals surface area (Å²) in [4.78, 5) is 14.5. The Morgan fingerprint density at radius 1 is 1.28 bits per heavy atom. The van der Waals surface area contributed by atoms with Gasteiger partial charge in [0.25, 0.3) is 0 Å². The lowest BCUT2D eigenvalue weighted by Crippen LogP contribution is -2.54. The third kappa shape index (κ3) is 1.95. The minimum Gasteiger partial charge on any atom is -0.381 e. The van der Waals surface area contributed by atoms with Crippen LogP contribution >= 0.6 is 0 Å². The van der Waals surface area contributed by atoms with E-state index in [1.165, 1.54) is 25.7 Å². The highest BCUT2D eigenvalue weighted by Gasteiger charge is 2.47.